The van der Waals surface area contributed by atoms with Gasteiger partial charge in [0.05, 0.1) is 5.56 Å². The summed E-state index contributed by atoms with van der Waals surface area (Å²) in [6.45, 7) is -0.0554. The van der Waals surface area contributed by atoms with E-state index >= 15 is 0 Å². The molecule has 1 aromatic heterocycles. The van der Waals surface area contributed by atoms with Gasteiger partial charge < -0.3 is 4.74 Å². The molecule has 7 heteroatoms. The lowest BCUT2D eigenvalue weighted by Crippen LogP contribution is -2.08. The summed E-state index contributed by atoms with van der Waals surface area (Å²) in [7, 11) is 0. The van der Waals surface area contributed by atoms with Crippen LogP contribution in [0.5, 0.6) is 5.75 Å². The van der Waals surface area contributed by atoms with E-state index in [0.717, 1.165) is 6.07 Å². The van der Waals surface area contributed by atoms with Crippen LogP contribution in [0.25, 0.3) is 0 Å². The summed E-state index contributed by atoms with van der Waals surface area (Å²) < 4.78 is 55.9. The molecule has 0 aliphatic rings. The van der Waals surface area contributed by atoms with E-state index in [1.54, 1.807) is 6.07 Å². The van der Waals surface area contributed by atoms with Crippen molar-refractivity contribution in [3.8, 4) is 11.8 Å². The molecule has 1 aromatic carbocycles. The average Bonchev–Trinajstić information content (AvgIpc) is 2.45. The lowest BCUT2D eigenvalue weighted by molar-refractivity contribution is -0.140. The highest BCUT2D eigenvalue weighted by atomic mass is 19.4. The lowest BCUT2D eigenvalue weighted by atomic mass is 10.2. The molecular weight excluding hydrogens is 288 g/mol. The quantitative estimate of drug-likeness (QED) is 0.811. The van der Waals surface area contributed by atoms with Gasteiger partial charge in [0.1, 0.15) is 29.9 Å². The van der Waals surface area contributed by atoms with Crippen LogP contribution in [0, 0.1) is 17.1 Å². The number of alkyl halides is 3. The number of nitrogens with zero attached hydrogens (tertiary/aromatic N) is 2. The van der Waals surface area contributed by atoms with E-state index in [4.69, 9.17) is 10.00 Å². The minimum Gasteiger partial charge on any atom is -0.489 e. The van der Waals surface area contributed by atoms with Gasteiger partial charge in [-0.1, -0.05) is 0 Å². The molecule has 0 N–H and O–H groups in total. The Hall–Kier alpha value is -2.62. The van der Waals surface area contributed by atoms with Crippen molar-refractivity contribution >= 4 is 0 Å². The summed E-state index contributed by atoms with van der Waals surface area (Å²) in [5, 5.41) is 8.68. The molecule has 0 aliphatic heterocycles. The van der Waals surface area contributed by atoms with E-state index in [0.29, 0.717) is 17.7 Å². The van der Waals surface area contributed by atoms with Gasteiger partial charge in [-0.05, 0) is 35.9 Å². The topological polar surface area (TPSA) is 45.9 Å². The van der Waals surface area contributed by atoms with Gasteiger partial charge in [0.2, 0.25) is 0 Å². The number of benzene rings is 1. The van der Waals surface area contributed by atoms with Crippen LogP contribution in [0.15, 0.2) is 36.5 Å². The summed E-state index contributed by atoms with van der Waals surface area (Å²) in [6, 6.07) is 7.26. The molecule has 2 rings (SSSR count). The summed E-state index contributed by atoms with van der Waals surface area (Å²) >= 11 is 0. The van der Waals surface area contributed by atoms with E-state index in [2.05, 4.69) is 4.98 Å². The molecule has 21 heavy (non-hydrogen) atoms. The van der Waals surface area contributed by atoms with Crippen molar-refractivity contribution in [2.45, 2.75) is 12.8 Å². The van der Waals surface area contributed by atoms with Crippen LogP contribution in [0.2, 0.25) is 0 Å². The molecule has 1 heterocycles. The Morgan fingerprint density at radius 1 is 1.19 bits per heavy atom. The van der Waals surface area contributed by atoms with Gasteiger partial charge in [-0.15, -0.1) is 0 Å². The lowest BCUT2D eigenvalue weighted by Gasteiger charge is -2.11. The zero-order valence-electron chi connectivity index (χ0n) is 10.5. The molecular formula is C14H8F4N2O. The molecule has 0 aliphatic carbocycles. The monoisotopic (exact) mass is 296 g/mol. The first kappa shape index (κ1) is 14.8. The van der Waals surface area contributed by atoms with Crippen molar-refractivity contribution in [2.75, 3.05) is 0 Å². The molecule has 0 atom stereocenters. The normalized spacial score (nSPS) is 11.0. The molecule has 0 spiro atoms. The first-order valence-corrected chi connectivity index (χ1v) is 5.75. The van der Waals surface area contributed by atoms with E-state index < -0.39 is 17.6 Å². The molecule has 0 bridgehead atoms. The first-order valence-electron chi connectivity index (χ1n) is 5.75. The SMILES string of the molecule is N#Cc1cc(COc2ccc(F)c(C(F)(F)F)c2)ccn1. The second-order valence-electron chi connectivity index (χ2n) is 4.09. The highest BCUT2D eigenvalue weighted by Gasteiger charge is 2.34. The van der Waals surface area contributed by atoms with Gasteiger partial charge in [-0.25, -0.2) is 9.37 Å². The largest absolute Gasteiger partial charge is 0.489 e. The third-order valence-electron chi connectivity index (χ3n) is 2.59. The molecule has 0 radical (unpaired) electrons. The standard InChI is InChI=1S/C14H8F4N2O/c15-13-2-1-11(6-12(13)14(16,17)18)21-8-9-3-4-20-10(5-9)7-19/h1-6H,8H2. The van der Waals surface area contributed by atoms with Crippen molar-refractivity contribution in [3.05, 3.63) is 59.2 Å². The van der Waals surface area contributed by atoms with Gasteiger partial charge in [-0.3, -0.25) is 0 Å². The number of ether oxygens (including phenoxy) is 1. The zero-order valence-corrected chi connectivity index (χ0v) is 10.5. The van der Waals surface area contributed by atoms with E-state index in [-0.39, 0.29) is 18.1 Å². The van der Waals surface area contributed by atoms with Crippen LogP contribution in [-0.4, -0.2) is 4.98 Å². The van der Waals surface area contributed by atoms with Gasteiger partial charge in [-0.2, -0.15) is 18.4 Å². The number of pyridine rings is 1. The smallest absolute Gasteiger partial charge is 0.419 e. The van der Waals surface area contributed by atoms with Crippen LogP contribution in [0.3, 0.4) is 0 Å². The zero-order chi connectivity index (χ0) is 15.5. The minimum absolute atomic E-state index is 0.0554. The van der Waals surface area contributed by atoms with Crippen LogP contribution < -0.4 is 4.74 Å². The molecule has 0 unspecified atom stereocenters. The Balaban J connectivity index is 2.15. The number of rotatable bonds is 3. The van der Waals surface area contributed by atoms with Gasteiger partial charge in [0, 0.05) is 6.20 Å². The van der Waals surface area contributed by atoms with E-state index in [1.807, 2.05) is 6.07 Å². The fourth-order valence-electron chi connectivity index (χ4n) is 1.60. The van der Waals surface area contributed by atoms with Crippen LogP contribution >= 0.6 is 0 Å². The highest BCUT2D eigenvalue weighted by molar-refractivity contribution is 5.32. The fraction of sp³-hybridized carbons (Fsp3) is 0.143. The predicted octanol–water partition coefficient (Wildman–Crippen LogP) is 3.69. The van der Waals surface area contributed by atoms with Crippen molar-refractivity contribution < 1.29 is 22.3 Å². The third kappa shape index (κ3) is 3.69. The number of aromatic nitrogens is 1. The predicted molar refractivity (Wildman–Crippen MR) is 64.7 cm³/mol. The molecule has 3 nitrogen and oxygen atoms in total. The van der Waals surface area contributed by atoms with E-state index in [1.165, 1.54) is 12.3 Å². The van der Waals surface area contributed by atoms with Crippen molar-refractivity contribution in [3.63, 3.8) is 0 Å². The maximum atomic E-state index is 13.1. The van der Waals surface area contributed by atoms with Gasteiger partial charge in [0.25, 0.3) is 0 Å². The van der Waals surface area contributed by atoms with Crippen LogP contribution in [0.1, 0.15) is 16.8 Å². The van der Waals surface area contributed by atoms with Crippen LogP contribution in [-0.2, 0) is 12.8 Å². The number of hydrogen-bond acceptors (Lipinski definition) is 3. The molecule has 108 valence electrons. The first-order chi connectivity index (χ1) is 9.90. The molecule has 0 amide bonds. The number of nitriles is 1. The summed E-state index contributed by atoms with van der Waals surface area (Å²) in [5.74, 6) is -1.47. The maximum Gasteiger partial charge on any atom is 0.419 e. The van der Waals surface area contributed by atoms with E-state index in [9.17, 15) is 17.6 Å². The van der Waals surface area contributed by atoms with Crippen molar-refractivity contribution in [1.29, 1.82) is 5.26 Å². The fourth-order valence-corrected chi connectivity index (χ4v) is 1.60. The van der Waals surface area contributed by atoms with Gasteiger partial charge >= 0.3 is 6.18 Å². The summed E-state index contributed by atoms with van der Waals surface area (Å²) in [4.78, 5) is 3.76. The molecule has 0 fully saturated rings. The Labute approximate surface area is 117 Å². The molecule has 0 saturated heterocycles. The Morgan fingerprint density at radius 3 is 2.62 bits per heavy atom. The second-order valence-corrected chi connectivity index (χ2v) is 4.09. The minimum atomic E-state index is -4.78. The van der Waals surface area contributed by atoms with Gasteiger partial charge in [0.15, 0.2) is 0 Å². The molecule has 0 saturated carbocycles. The van der Waals surface area contributed by atoms with Crippen LogP contribution in [0.4, 0.5) is 17.6 Å². The average molecular weight is 296 g/mol. The number of halogens is 4. The Kier molecular flexibility index (Phi) is 4.08. The Bertz CT molecular complexity index is 692. The summed E-state index contributed by atoms with van der Waals surface area (Å²) in [5.41, 5.74) is -0.641. The highest BCUT2D eigenvalue weighted by Crippen LogP contribution is 2.33. The third-order valence-corrected chi connectivity index (χ3v) is 2.59. The number of hydrogen-bond donors (Lipinski definition) is 0. The Morgan fingerprint density at radius 2 is 1.95 bits per heavy atom. The van der Waals surface area contributed by atoms with Crippen molar-refractivity contribution in [1.82, 2.24) is 4.98 Å². The maximum absolute atomic E-state index is 13.1. The summed E-state index contributed by atoms with van der Waals surface area (Å²) in [6.07, 6.45) is -3.39. The van der Waals surface area contributed by atoms with Crippen molar-refractivity contribution in [2.24, 2.45) is 0 Å². The second kappa shape index (κ2) is 5.79. The molecule has 2 aromatic rings.